The fourth-order valence-corrected chi connectivity index (χ4v) is 2.02. The van der Waals surface area contributed by atoms with Gasteiger partial charge in [0.25, 0.3) is 0 Å². The average Bonchev–Trinajstić information content (AvgIpc) is 2.58. The van der Waals surface area contributed by atoms with Gasteiger partial charge in [-0.05, 0) is 24.5 Å². The van der Waals surface area contributed by atoms with Crippen LogP contribution in [0, 0.1) is 12.8 Å². The highest BCUT2D eigenvalue weighted by atomic mass is 16.5. The molecule has 4 N–H and O–H groups in total. The lowest BCUT2D eigenvalue weighted by Crippen LogP contribution is -2.47. The third-order valence-corrected chi connectivity index (χ3v) is 3.69. The summed E-state index contributed by atoms with van der Waals surface area (Å²) >= 11 is 0. The monoisotopic (exact) mass is 351 g/mol. The van der Waals surface area contributed by atoms with E-state index < -0.39 is 6.04 Å². The average molecular weight is 351 g/mol. The van der Waals surface area contributed by atoms with E-state index in [9.17, 15) is 9.59 Å². The smallest absolute Gasteiger partial charge is 0.239 e. The van der Waals surface area contributed by atoms with Gasteiger partial charge in [0.1, 0.15) is 12.4 Å². The molecule has 1 rings (SSSR count). The molecule has 7 heteroatoms. The van der Waals surface area contributed by atoms with Crippen LogP contribution in [-0.2, 0) is 20.9 Å². The van der Waals surface area contributed by atoms with Crippen molar-refractivity contribution < 1.29 is 19.1 Å². The van der Waals surface area contributed by atoms with Crippen LogP contribution in [0.2, 0.25) is 0 Å². The van der Waals surface area contributed by atoms with E-state index >= 15 is 0 Å². The Balaban J connectivity index is 2.51. The Bertz CT molecular complexity index is 575. The number of ether oxygens (including phenoxy) is 2. The molecule has 140 valence electrons. The molecular weight excluding hydrogens is 322 g/mol. The van der Waals surface area contributed by atoms with Gasteiger partial charge in [-0.1, -0.05) is 26.0 Å². The van der Waals surface area contributed by atoms with Crippen LogP contribution >= 0.6 is 0 Å². The van der Waals surface area contributed by atoms with Crippen molar-refractivity contribution in [3.63, 3.8) is 0 Å². The molecule has 0 radical (unpaired) electrons. The van der Waals surface area contributed by atoms with Crippen LogP contribution in [0.25, 0.3) is 0 Å². The van der Waals surface area contributed by atoms with E-state index in [2.05, 4.69) is 10.6 Å². The molecule has 1 aromatic rings. The van der Waals surface area contributed by atoms with Crippen molar-refractivity contribution in [1.29, 1.82) is 0 Å². The van der Waals surface area contributed by atoms with Crippen molar-refractivity contribution in [2.75, 3.05) is 26.9 Å². The second kappa shape index (κ2) is 10.7. The molecule has 0 heterocycles. The summed E-state index contributed by atoms with van der Waals surface area (Å²) in [5.41, 5.74) is 7.66. The van der Waals surface area contributed by atoms with Crippen LogP contribution in [0.1, 0.15) is 25.0 Å². The van der Waals surface area contributed by atoms with E-state index in [-0.39, 0.29) is 24.3 Å². The molecule has 0 fully saturated rings. The van der Waals surface area contributed by atoms with Crippen molar-refractivity contribution in [2.24, 2.45) is 11.7 Å². The number of nitrogens with one attached hydrogen (secondary N) is 2. The predicted molar refractivity (Wildman–Crippen MR) is 96.2 cm³/mol. The first-order chi connectivity index (χ1) is 11.8. The third-order valence-electron chi connectivity index (χ3n) is 3.69. The van der Waals surface area contributed by atoms with Crippen LogP contribution in [0.5, 0.6) is 5.75 Å². The second-order valence-corrected chi connectivity index (χ2v) is 6.22. The maximum Gasteiger partial charge on any atom is 0.239 e. The lowest BCUT2D eigenvalue weighted by molar-refractivity contribution is -0.127. The zero-order valence-electron chi connectivity index (χ0n) is 15.4. The minimum atomic E-state index is -0.620. The molecule has 1 aromatic carbocycles. The van der Waals surface area contributed by atoms with Crippen LogP contribution in [0.4, 0.5) is 0 Å². The Kier molecular flexibility index (Phi) is 8.94. The molecular formula is C18H29N3O4. The summed E-state index contributed by atoms with van der Waals surface area (Å²) < 4.78 is 10.7. The van der Waals surface area contributed by atoms with Gasteiger partial charge < -0.3 is 25.8 Å². The quantitative estimate of drug-likeness (QED) is 0.540. The van der Waals surface area contributed by atoms with Crippen LogP contribution < -0.4 is 21.1 Å². The number of methoxy groups -OCH3 is 1. The van der Waals surface area contributed by atoms with Crippen LogP contribution in [0.3, 0.4) is 0 Å². The van der Waals surface area contributed by atoms with Crippen molar-refractivity contribution in [3.8, 4) is 5.75 Å². The van der Waals surface area contributed by atoms with E-state index in [1.54, 1.807) is 7.11 Å². The number of carbonyl (C=O) groups excluding carboxylic acids is 2. The molecule has 1 atom stereocenters. The van der Waals surface area contributed by atoms with E-state index in [0.29, 0.717) is 25.5 Å². The van der Waals surface area contributed by atoms with E-state index in [0.717, 1.165) is 11.1 Å². The lowest BCUT2D eigenvalue weighted by Gasteiger charge is -2.16. The van der Waals surface area contributed by atoms with Gasteiger partial charge in [-0.15, -0.1) is 0 Å². The van der Waals surface area contributed by atoms with E-state index in [1.165, 1.54) is 0 Å². The Morgan fingerprint density at radius 3 is 2.56 bits per heavy atom. The first kappa shape index (κ1) is 20.9. The summed E-state index contributed by atoms with van der Waals surface area (Å²) in [7, 11) is 1.61. The van der Waals surface area contributed by atoms with Gasteiger partial charge in [-0.25, -0.2) is 0 Å². The zero-order valence-corrected chi connectivity index (χ0v) is 15.4. The first-order valence-corrected chi connectivity index (χ1v) is 8.36. The highest BCUT2D eigenvalue weighted by Gasteiger charge is 2.17. The van der Waals surface area contributed by atoms with Gasteiger partial charge in [0.15, 0.2) is 0 Å². The molecule has 0 aliphatic rings. The lowest BCUT2D eigenvalue weighted by atomic mass is 10.1. The molecule has 0 unspecified atom stereocenters. The molecule has 0 saturated carbocycles. The maximum absolute atomic E-state index is 11.9. The number of carbonyl (C=O) groups is 2. The maximum atomic E-state index is 11.9. The van der Waals surface area contributed by atoms with Crippen molar-refractivity contribution in [3.05, 3.63) is 29.3 Å². The highest BCUT2D eigenvalue weighted by molar-refractivity contribution is 5.87. The highest BCUT2D eigenvalue weighted by Crippen LogP contribution is 2.20. The molecule has 0 spiro atoms. The predicted octanol–water partition coefficient (Wildman–Crippen LogP) is 0.736. The standard InChI is InChI=1S/C18H29N3O4/c1-12(2)17(19)18(23)21-11-16(22)20-10-14-6-5-13(3)9-15(14)25-8-7-24-4/h5-6,9,12,17H,7-8,10-11,19H2,1-4H3,(H,20,22)(H,21,23)/t17-/m0/s1. The number of hydrogen-bond acceptors (Lipinski definition) is 5. The SMILES string of the molecule is COCCOc1cc(C)ccc1CNC(=O)CNC(=O)[C@@H](N)C(C)C. The molecule has 0 aromatic heterocycles. The molecule has 0 saturated heterocycles. The topological polar surface area (TPSA) is 103 Å². The van der Waals surface area contributed by atoms with Crippen molar-refractivity contribution in [2.45, 2.75) is 33.4 Å². The van der Waals surface area contributed by atoms with E-state index in [1.807, 2.05) is 39.0 Å². The first-order valence-electron chi connectivity index (χ1n) is 8.36. The third kappa shape index (κ3) is 7.53. The minimum Gasteiger partial charge on any atom is -0.491 e. The Morgan fingerprint density at radius 2 is 1.92 bits per heavy atom. The fraction of sp³-hybridized carbons (Fsp3) is 0.556. The van der Waals surface area contributed by atoms with Gasteiger partial charge >= 0.3 is 0 Å². The minimum absolute atomic E-state index is 0.0161. The number of nitrogens with two attached hydrogens (primary N) is 1. The van der Waals surface area contributed by atoms with E-state index in [4.69, 9.17) is 15.2 Å². The molecule has 0 bridgehead atoms. The summed E-state index contributed by atoms with van der Waals surface area (Å²) in [4.78, 5) is 23.7. The molecule has 0 aliphatic heterocycles. The number of rotatable bonds is 10. The summed E-state index contributed by atoms with van der Waals surface area (Å²) in [5, 5.41) is 5.31. The summed E-state index contributed by atoms with van der Waals surface area (Å²) in [6.07, 6.45) is 0. The Morgan fingerprint density at radius 1 is 1.20 bits per heavy atom. The summed E-state index contributed by atoms with van der Waals surface area (Å²) in [6, 6.07) is 5.16. The Hall–Kier alpha value is -2.12. The van der Waals surface area contributed by atoms with Gasteiger partial charge in [-0.3, -0.25) is 9.59 Å². The second-order valence-electron chi connectivity index (χ2n) is 6.22. The molecule has 7 nitrogen and oxygen atoms in total. The largest absolute Gasteiger partial charge is 0.491 e. The summed E-state index contributed by atoms with van der Waals surface area (Å²) in [6.45, 7) is 6.81. The van der Waals surface area contributed by atoms with Crippen molar-refractivity contribution in [1.82, 2.24) is 10.6 Å². The zero-order chi connectivity index (χ0) is 18.8. The fourth-order valence-electron chi connectivity index (χ4n) is 2.02. The Labute approximate surface area is 149 Å². The van der Waals surface area contributed by atoms with Crippen LogP contribution in [-0.4, -0.2) is 44.7 Å². The number of aryl methyl sites for hydroxylation is 1. The van der Waals surface area contributed by atoms with Crippen LogP contribution in [0.15, 0.2) is 18.2 Å². The van der Waals surface area contributed by atoms with Gasteiger partial charge in [0.05, 0.1) is 19.2 Å². The number of hydrogen-bond donors (Lipinski definition) is 3. The van der Waals surface area contributed by atoms with Gasteiger partial charge in [-0.2, -0.15) is 0 Å². The molecule has 2 amide bonds. The van der Waals surface area contributed by atoms with Gasteiger partial charge in [0.2, 0.25) is 11.8 Å². The van der Waals surface area contributed by atoms with Gasteiger partial charge in [0, 0.05) is 19.2 Å². The molecule has 25 heavy (non-hydrogen) atoms. The normalized spacial score (nSPS) is 11.9. The number of amides is 2. The molecule has 0 aliphatic carbocycles. The van der Waals surface area contributed by atoms with Crippen molar-refractivity contribution >= 4 is 11.8 Å². The number of benzene rings is 1. The summed E-state index contributed by atoms with van der Waals surface area (Å²) in [5.74, 6) is 0.113.